The predicted molar refractivity (Wildman–Crippen MR) is 25.3 cm³/mol. The minimum atomic E-state index is -4.78. The van der Waals surface area contributed by atoms with Crippen LogP contribution in [0.5, 0.6) is 0 Å². The molecule has 2 N–H and O–H groups in total. The zero-order chi connectivity index (χ0) is 8.41. The maximum atomic E-state index is 11.6. The SMILES string of the molecule is CC(O)(COO)C(F)(F)F. The monoisotopic (exact) mass is 160 g/mol. The zero-order valence-corrected chi connectivity index (χ0v) is 5.14. The molecular formula is C4H7F3O3. The van der Waals surface area contributed by atoms with Gasteiger partial charge >= 0.3 is 6.18 Å². The highest BCUT2D eigenvalue weighted by atomic mass is 19.4. The molecule has 3 nitrogen and oxygen atoms in total. The summed E-state index contributed by atoms with van der Waals surface area (Å²) in [5.74, 6) is 0. The predicted octanol–water partition coefficient (Wildman–Crippen LogP) is 0.789. The van der Waals surface area contributed by atoms with Crippen LogP contribution in [0.1, 0.15) is 6.92 Å². The van der Waals surface area contributed by atoms with Gasteiger partial charge in [0.15, 0.2) is 5.60 Å². The molecule has 0 rings (SSSR count). The average molecular weight is 160 g/mol. The molecule has 0 aromatic rings. The molecule has 0 aliphatic carbocycles. The van der Waals surface area contributed by atoms with E-state index >= 15 is 0 Å². The largest absolute Gasteiger partial charge is 0.419 e. The first-order valence-corrected chi connectivity index (χ1v) is 2.37. The van der Waals surface area contributed by atoms with Gasteiger partial charge in [0.1, 0.15) is 6.61 Å². The highest BCUT2D eigenvalue weighted by molar-refractivity contribution is 4.80. The number of aliphatic hydroxyl groups is 1. The third-order valence-electron chi connectivity index (χ3n) is 0.956. The molecule has 0 bridgehead atoms. The topological polar surface area (TPSA) is 49.7 Å². The Morgan fingerprint density at radius 3 is 1.90 bits per heavy atom. The van der Waals surface area contributed by atoms with Crippen molar-refractivity contribution in [3.8, 4) is 0 Å². The van der Waals surface area contributed by atoms with Crippen LogP contribution in [-0.2, 0) is 4.89 Å². The van der Waals surface area contributed by atoms with E-state index in [0.29, 0.717) is 6.92 Å². The van der Waals surface area contributed by atoms with Crippen molar-refractivity contribution >= 4 is 0 Å². The molecule has 0 spiro atoms. The average Bonchev–Trinajstić information content (AvgIpc) is 1.61. The summed E-state index contributed by atoms with van der Waals surface area (Å²) in [5, 5.41) is 16.0. The van der Waals surface area contributed by atoms with E-state index in [1.807, 2.05) is 0 Å². The molecule has 0 aliphatic heterocycles. The fourth-order valence-corrected chi connectivity index (χ4v) is 0.208. The van der Waals surface area contributed by atoms with Crippen molar-refractivity contribution in [2.45, 2.75) is 18.7 Å². The maximum absolute atomic E-state index is 11.6. The minimum absolute atomic E-state index is 0.503. The van der Waals surface area contributed by atoms with Gasteiger partial charge in [-0.05, 0) is 6.92 Å². The third-order valence-corrected chi connectivity index (χ3v) is 0.956. The maximum Gasteiger partial charge on any atom is 0.419 e. The molecule has 6 heteroatoms. The second-order valence-corrected chi connectivity index (χ2v) is 2.05. The number of alkyl halides is 3. The fourth-order valence-electron chi connectivity index (χ4n) is 0.208. The molecule has 1 unspecified atom stereocenters. The van der Waals surface area contributed by atoms with Gasteiger partial charge in [-0.15, -0.1) is 0 Å². The van der Waals surface area contributed by atoms with E-state index in [0.717, 1.165) is 0 Å². The molecule has 0 aromatic heterocycles. The lowest BCUT2D eigenvalue weighted by Crippen LogP contribution is -2.45. The summed E-state index contributed by atoms with van der Waals surface area (Å²) < 4.78 is 34.7. The molecule has 10 heavy (non-hydrogen) atoms. The summed E-state index contributed by atoms with van der Waals surface area (Å²) in [6.45, 7) is -0.681. The van der Waals surface area contributed by atoms with Crippen LogP contribution in [0.25, 0.3) is 0 Å². The molecule has 0 radical (unpaired) electrons. The Labute approximate surface area is 55.0 Å². The summed E-state index contributed by atoms with van der Waals surface area (Å²) in [4.78, 5) is 3.16. The first-order chi connectivity index (χ1) is 4.31. The highest BCUT2D eigenvalue weighted by Crippen LogP contribution is 2.29. The van der Waals surface area contributed by atoms with Crippen LogP contribution >= 0.6 is 0 Å². The highest BCUT2D eigenvalue weighted by Gasteiger charge is 2.50. The van der Waals surface area contributed by atoms with E-state index < -0.39 is 18.4 Å². The van der Waals surface area contributed by atoms with Crippen molar-refractivity contribution in [1.82, 2.24) is 0 Å². The molecule has 0 amide bonds. The lowest BCUT2D eigenvalue weighted by molar-refractivity contribution is -0.327. The standard InChI is InChI=1S/C4H7F3O3/c1-3(8,2-10-9)4(5,6)7/h8-9H,2H2,1H3. The van der Waals surface area contributed by atoms with Crippen LogP contribution in [0.3, 0.4) is 0 Å². The van der Waals surface area contributed by atoms with Crippen LogP contribution < -0.4 is 0 Å². The first kappa shape index (κ1) is 9.67. The quantitative estimate of drug-likeness (QED) is 0.463. The Bertz CT molecular complexity index is 109. The molecule has 0 fully saturated rings. The number of hydrogen-bond acceptors (Lipinski definition) is 3. The van der Waals surface area contributed by atoms with Crippen molar-refractivity contribution in [2.24, 2.45) is 0 Å². The molecule has 62 valence electrons. The van der Waals surface area contributed by atoms with Gasteiger partial charge in [-0.3, -0.25) is 5.26 Å². The van der Waals surface area contributed by atoms with E-state index in [2.05, 4.69) is 4.89 Å². The third kappa shape index (κ3) is 2.13. The van der Waals surface area contributed by atoms with Gasteiger partial charge in [0.2, 0.25) is 0 Å². The summed E-state index contributed by atoms with van der Waals surface area (Å²) >= 11 is 0. The van der Waals surface area contributed by atoms with Crippen LogP contribution in [0, 0.1) is 0 Å². The van der Waals surface area contributed by atoms with Gasteiger partial charge in [0.05, 0.1) is 0 Å². The summed E-state index contributed by atoms with van der Waals surface area (Å²) in [7, 11) is 0. The van der Waals surface area contributed by atoms with E-state index in [9.17, 15) is 13.2 Å². The van der Waals surface area contributed by atoms with Crippen molar-refractivity contribution in [3.63, 3.8) is 0 Å². The minimum Gasteiger partial charge on any atom is -0.379 e. The molecule has 0 aliphatic rings. The van der Waals surface area contributed by atoms with Crippen LogP contribution in [0.4, 0.5) is 13.2 Å². The summed E-state index contributed by atoms with van der Waals surface area (Å²) in [6.07, 6.45) is -4.78. The van der Waals surface area contributed by atoms with Crippen LogP contribution in [-0.4, -0.2) is 28.7 Å². The summed E-state index contributed by atoms with van der Waals surface area (Å²) in [6, 6.07) is 0. The van der Waals surface area contributed by atoms with Gasteiger partial charge in [-0.25, -0.2) is 4.89 Å². The van der Waals surface area contributed by atoms with E-state index in [1.54, 1.807) is 0 Å². The van der Waals surface area contributed by atoms with E-state index in [1.165, 1.54) is 0 Å². The van der Waals surface area contributed by atoms with Gasteiger partial charge < -0.3 is 5.11 Å². The Balaban J connectivity index is 4.10. The normalized spacial score (nSPS) is 18.6. The smallest absolute Gasteiger partial charge is 0.379 e. The van der Waals surface area contributed by atoms with Crippen molar-refractivity contribution in [1.29, 1.82) is 0 Å². The molecule has 0 saturated carbocycles. The van der Waals surface area contributed by atoms with E-state index in [-0.39, 0.29) is 0 Å². The van der Waals surface area contributed by atoms with Crippen LogP contribution in [0.2, 0.25) is 0 Å². The van der Waals surface area contributed by atoms with Crippen molar-refractivity contribution in [3.05, 3.63) is 0 Å². The number of halogens is 3. The lowest BCUT2D eigenvalue weighted by Gasteiger charge is -2.23. The van der Waals surface area contributed by atoms with Crippen LogP contribution in [0.15, 0.2) is 0 Å². The Morgan fingerprint density at radius 2 is 1.80 bits per heavy atom. The molecule has 0 aromatic carbocycles. The van der Waals surface area contributed by atoms with Crippen molar-refractivity contribution in [2.75, 3.05) is 6.61 Å². The fraction of sp³-hybridized carbons (Fsp3) is 1.00. The summed E-state index contributed by atoms with van der Waals surface area (Å²) in [5.41, 5.74) is -2.98. The van der Waals surface area contributed by atoms with Crippen molar-refractivity contribution < 1.29 is 28.4 Å². The van der Waals surface area contributed by atoms with Gasteiger partial charge in [-0.2, -0.15) is 13.2 Å². The van der Waals surface area contributed by atoms with Gasteiger partial charge in [0, 0.05) is 0 Å². The molecule has 0 saturated heterocycles. The molecular weight excluding hydrogens is 153 g/mol. The first-order valence-electron chi connectivity index (χ1n) is 2.37. The lowest BCUT2D eigenvalue weighted by atomic mass is 10.1. The second-order valence-electron chi connectivity index (χ2n) is 2.05. The Kier molecular flexibility index (Phi) is 2.64. The number of rotatable bonds is 2. The Morgan fingerprint density at radius 1 is 1.40 bits per heavy atom. The number of hydrogen-bond donors (Lipinski definition) is 2. The molecule has 0 heterocycles. The van der Waals surface area contributed by atoms with Gasteiger partial charge in [-0.1, -0.05) is 0 Å². The zero-order valence-electron chi connectivity index (χ0n) is 5.14. The molecule has 1 atom stereocenters. The second kappa shape index (κ2) is 2.73. The van der Waals surface area contributed by atoms with Gasteiger partial charge in [0.25, 0.3) is 0 Å². The Hall–Kier alpha value is -0.330. The van der Waals surface area contributed by atoms with E-state index in [4.69, 9.17) is 10.4 Å².